The van der Waals surface area contributed by atoms with Crippen LogP contribution in [0.1, 0.15) is 71.4 Å². The molecule has 5 rings (SSSR count). The third kappa shape index (κ3) is 3.77. The summed E-state index contributed by atoms with van der Waals surface area (Å²) in [6.45, 7) is 6.16. The number of anilines is 2. The molecule has 1 saturated carbocycles. The second-order valence-electron chi connectivity index (χ2n) is 9.76. The molecule has 2 heterocycles. The number of imide groups is 1. The molecule has 0 bridgehead atoms. The lowest BCUT2D eigenvalue weighted by Gasteiger charge is -2.19. The number of benzene rings is 2. The lowest BCUT2D eigenvalue weighted by molar-refractivity contribution is 0.0926. The number of sulfonamides is 1. The number of nitrogens with one attached hydrogen (secondary N) is 1. The molecule has 0 spiro atoms. The van der Waals surface area contributed by atoms with Crippen LogP contribution < -0.4 is 9.62 Å². The molecule has 0 unspecified atom stereocenters. The van der Waals surface area contributed by atoms with Gasteiger partial charge in [-0.25, -0.2) is 13.3 Å². The highest BCUT2D eigenvalue weighted by atomic mass is 32.2. The van der Waals surface area contributed by atoms with E-state index in [-0.39, 0.29) is 33.0 Å². The Bertz CT molecular complexity index is 1400. The molecule has 1 N–H and O–H groups in total. The molecule has 2 amide bonds. The third-order valence-corrected chi connectivity index (χ3v) is 7.65. The normalized spacial score (nSPS) is 16.0. The smallest absolute Gasteiger partial charge is 0.268 e. The Morgan fingerprint density at radius 2 is 1.62 bits per heavy atom. The molecular formula is C26H25N3O4S. The molecule has 34 heavy (non-hydrogen) atoms. The third-order valence-electron chi connectivity index (χ3n) is 6.27. The first-order valence-electron chi connectivity index (χ1n) is 11.2. The first-order valence-corrected chi connectivity index (χ1v) is 12.7. The fraction of sp³-hybridized carbons (Fsp3) is 0.269. The SMILES string of the molecule is CC(C)(C)c1ccc(S(=O)(=O)Nc2ccc(C3CC3)c3c2C(=O)N(c2cccnc2)C3=O)cc1. The van der Waals surface area contributed by atoms with Crippen LogP contribution in [-0.2, 0) is 15.4 Å². The predicted octanol–water partition coefficient (Wildman–Crippen LogP) is 4.86. The molecule has 3 aromatic rings. The quantitative estimate of drug-likeness (QED) is 0.532. The van der Waals surface area contributed by atoms with Crippen LogP contribution in [0.15, 0.2) is 65.8 Å². The molecule has 1 aliphatic carbocycles. The van der Waals surface area contributed by atoms with Gasteiger partial charge in [0.2, 0.25) is 0 Å². The number of fused-ring (bicyclic) bond motifs is 1. The molecular weight excluding hydrogens is 450 g/mol. The summed E-state index contributed by atoms with van der Waals surface area (Å²) in [5, 5.41) is 0. The monoisotopic (exact) mass is 475 g/mol. The van der Waals surface area contributed by atoms with Gasteiger partial charge in [-0.1, -0.05) is 39.0 Å². The Morgan fingerprint density at radius 1 is 0.941 bits per heavy atom. The maximum Gasteiger partial charge on any atom is 0.268 e. The molecule has 0 radical (unpaired) electrons. The van der Waals surface area contributed by atoms with Gasteiger partial charge in [0.1, 0.15) is 0 Å². The number of amides is 2. The van der Waals surface area contributed by atoms with Gasteiger partial charge in [-0.2, -0.15) is 0 Å². The number of aromatic nitrogens is 1. The number of pyridine rings is 1. The van der Waals surface area contributed by atoms with E-state index in [0.717, 1.165) is 28.9 Å². The van der Waals surface area contributed by atoms with Gasteiger partial charge >= 0.3 is 0 Å². The summed E-state index contributed by atoms with van der Waals surface area (Å²) >= 11 is 0. The van der Waals surface area contributed by atoms with E-state index in [4.69, 9.17) is 0 Å². The highest BCUT2D eigenvalue weighted by Crippen LogP contribution is 2.46. The molecule has 7 nitrogen and oxygen atoms in total. The minimum Gasteiger partial charge on any atom is -0.279 e. The van der Waals surface area contributed by atoms with E-state index in [2.05, 4.69) is 30.5 Å². The van der Waals surface area contributed by atoms with Crippen molar-refractivity contribution in [2.24, 2.45) is 0 Å². The van der Waals surface area contributed by atoms with Crippen molar-refractivity contribution in [3.8, 4) is 0 Å². The van der Waals surface area contributed by atoms with E-state index in [1.165, 1.54) is 6.20 Å². The van der Waals surface area contributed by atoms with Crippen LogP contribution in [0.5, 0.6) is 0 Å². The molecule has 1 fully saturated rings. The highest BCUT2D eigenvalue weighted by Gasteiger charge is 2.43. The van der Waals surface area contributed by atoms with Gasteiger partial charge in [0.05, 0.1) is 33.6 Å². The van der Waals surface area contributed by atoms with Crippen molar-refractivity contribution < 1.29 is 18.0 Å². The molecule has 1 aromatic heterocycles. The van der Waals surface area contributed by atoms with Gasteiger partial charge in [0.25, 0.3) is 21.8 Å². The number of carbonyl (C=O) groups is 2. The van der Waals surface area contributed by atoms with E-state index < -0.39 is 21.8 Å². The summed E-state index contributed by atoms with van der Waals surface area (Å²) in [6, 6.07) is 13.3. The molecule has 1 aliphatic heterocycles. The number of hydrogen-bond acceptors (Lipinski definition) is 5. The van der Waals surface area contributed by atoms with Crippen LogP contribution in [0.2, 0.25) is 0 Å². The van der Waals surface area contributed by atoms with Crippen LogP contribution in [0, 0.1) is 0 Å². The Morgan fingerprint density at radius 3 is 2.21 bits per heavy atom. The van der Waals surface area contributed by atoms with Crippen LogP contribution in [0.25, 0.3) is 0 Å². The largest absolute Gasteiger partial charge is 0.279 e. The molecule has 8 heteroatoms. The zero-order valence-corrected chi connectivity index (χ0v) is 20.0. The van der Waals surface area contributed by atoms with E-state index in [1.807, 2.05) is 0 Å². The zero-order chi connectivity index (χ0) is 24.3. The van der Waals surface area contributed by atoms with Crippen LogP contribution in [0.3, 0.4) is 0 Å². The van der Waals surface area contributed by atoms with E-state index in [0.29, 0.717) is 5.69 Å². The van der Waals surface area contributed by atoms with Crippen LogP contribution in [-0.4, -0.2) is 25.2 Å². The fourth-order valence-electron chi connectivity index (χ4n) is 4.27. The number of nitrogens with zero attached hydrogens (tertiary/aromatic N) is 2. The summed E-state index contributed by atoms with van der Waals surface area (Å²) in [5.74, 6) is -0.809. The first-order chi connectivity index (χ1) is 16.1. The summed E-state index contributed by atoms with van der Waals surface area (Å²) in [6.07, 6.45) is 4.87. The van der Waals surface area contributed by atoms with E-state index >= 15 is 0 Å². The maximum atomic E-state index is 13.4. The number of carbonyl (C=O) groups excluding carboxylic acids is 2. The Balaban J connectivity index is 1.56. The molecule has 2 aliphatic rings. The average molecular weight is 476 g/mol. The van der Waals surface area contributed by atoms with Gasteiger partial charge in [-0.05, 0) is 65.6 Å². The lowest BCUT2D eigenvalue weighted by atomic mass is 9.87. The van der Waals surface area contributed by atoms with Gasteiger partial charge in [-0.3, -0.25) is 19.3 Å². The van der Waals surface area contributed by atoms with E-state index in [9.17, 15) is 18.0 Å². The minimum absolute atomic E-state index is 0.0846. The minimum atomic E-state index is -3.98. The molecule has 0 atom stereocenters. The average Bonchev–Trinajstić information content (AvgIpc) is 3.60. The van der Waals surface area contributed by atoms with Crippen molar-refractivity contribution in [3.05, 3.63) is 83.2 Å². The Kier molecular flexibility index (Phi) is 5.09. The van der Waals surface area contributed by atoms with Gasteiger partial charge in [0.15, 0.2) is 0 Å². The highest BCUT2D eigenvalue weighted by molar-refractivity contribution is 7.92. The van der Waals surface area contributed by atoms with Gasteiger partial charge in [-0.15, -0.1) is 0 Å². The van der Waals surface area contributed by atoms with Crippen molar-refractivity contribution in [1.29, 1.82) is 0 Å². The number of hydrogen-bond donors (Lipinski definition) is 1. The van der Waals surface area contributed by atoms with E-state index in [1.54, 1.807) is 54.7 Å². The van der Waals surface area contributed by atoms with Crippen LogP contribution in [0.4, 0.5) is 11.4 Å². The summed E-state index contributed by atoms with van der Waals surface area (Å²) < 4.78 is 29.0. The lowest BCUT2D eigenvalue weighted by Crippen LogP contribution is -2.29. The fourth-order valence-corrected chi connectivity index (χ4v) is 5.34. The van der Waals surface area contributed by atoms with Crippen molar-refractivity contribution >= 4 is 33.2 Å². The van der Waals surface area contributed by atoms with Gasteiger partial charge < -0.3 is 0 Å². The second-order valence-corrected chi connectivity index (χ2v) is 11.4. The molecule has 2 aromatic carbocycles. The Labute approximate surface area is 198 Å². The standard InChI is InChI=1S/C26H25N3O4S/c1-26(2,3)17-8-10-19(11-9-17)34(32,33)28-21-13-12-20(16-6-7-16)22-23(21)25(31)29(24(22)30)18-5-4-14-27-15-18/h4-5,8-16,28H,6-7H2,1-3H3. The molecule has 174 valence electrons. The van der Waals surface area contributed by atoms with Crippen molar-refractivity contribution in [3.63, 3.8) is 0 Å². The first kappa shape index (κ1) is 22.3. The number of rotatable bonds is 5. The maximum absolute atomic E-state index is 13.4. The second kappa shape index (κ2) is 7.77. The van der Waals surface area contributed by atoms with Crippen molar-refractivity contribution in [2.75, 3.05) is 9.62 Å². The predicted molar refractivity (Wildman–Crippen MR) is 130 cm³/mol. The molecule has 0 saturated heterocycles. The summed E-state index contributed by atoms with van der Waals surface area (Å²) in [7, 11) is -3.98. The van der Waals surface area contributed by atoms with Crippen LogP contribution >= 0.6 is 0 Å². The van der Waals surface area contributed by atoms with Crippen molar-refractivity contribution in [2.45, 2.75) is 49.8 Å². The summed E-state index contributed by atoms with van der Waals surface area (Å²) in [4.78, 5) is 32.0. The Hall–Kier alpha value is -3.52. The topological polar surface area (TPSA) is 96.4 Å². The summed E-state index contributed by atoms with van der Waals surface area (Å²) in [5.41, 5.74) is 2.50. The zero-order valence-electron chi connectivity index (χ0n) is 19.2. The van der Waals surface area contributed by atoms with Crippen molar-refractivity contribution in [1.82, 2.24) is 4.98 Å². The van der Waals surface area contributed by atoms with Gasteiger partial charge in [0, 0.05) is 6.20 Å².